The lowest BCUT2D eigenvalue weighted by Crippen LogP contribution is -2.44. The van der Waals surface area contributed by atoms with Gasteiger partial charge in [0, 0.05) is 37.2 Å². The van der Waals surface area contributed by atoms with Crippen LogP contribution in [0.25, 0.3) is 22.7 Å². The number of likely N-dealkylation sites (tertiary alicyclic amines) is 1. The number of aromatic nitrogens is 4. The number of hydrogen-bond donors (Lipinski definition) is 0. The van der Waals surface area contributed by atoms with Crippen LogP contribution in [0.1, 0.15) is 23.3 Å². The molecule has 5 rings (SSSR count). The molecule has 1 aliphatic rings. The first kappa shape index (κ1) is 19.5. The Bertz CT molecular complexity index is 1200. The first-order chi connectivity index (χ1) is 15.1. The molecule has 1 saturated heterocycles. The van der Waals surface area contributed by atoms with Crippen molar-refractivity contribution in [3.05, 3.63) is 72.9 Å². The van der Waals surface area contributed by atoms with Crippen molar-refractivity contribution in [2.24, 2.45) is 0 Å². The molecular weight excluding hydrogens is 388 g/mol. The number of carbonyl (C=O) groups is 1. The fourth-order valence-corrected chi connectivity index (χ4v) is 4.29. The number of fused-ring (bicyclic) bond motifs is 1. The van der Waals surface area contributed by atoms with Crippen LogP contribution in [0.15, 0.2) is 67.3 Å². The number of amides is 1. The molecule has 1 amide bonds. The highest BCUT2D eigenvalue weighted by Gasteiger charge is 2.28. The fourth-order valence-electron chi connectivity index (χ4n) is 4.29. The largest absolute Gasteiger partial charge is 0.337 e. The summed E-state index contributed by atoms with van der Waals surface area (Å²) in [6.45, 7) is 1.51. The molecule has 0 bridgehead atoms. The summed E-state index contributed by atoms with van der Waals surface area (Å²) in [4.78, 5) is 26.9. The predicted molar refractivity (Wildman–Crippen MR) is 120 cm³/mol. The molecule has 158 valence electrons. The Kier molecular flexibility index (Phi) is 5.03. The fraction of sp³-hybridized carbons (Fsp3) is 0.292. The number of piperidine rings is 1. The van der Waals surface area contributed by atoms with Crippen LogP contribution in [0.2, 0.25) is 0 Å². The minimum absolute atomic E-state index is 0.00496. The van der Waals surface area contributed by atoms with Crippen LogP contribution >= 0.6 is 0 Å². The number of para-hydroxylation sites is 1. The van der Waals surface area contributed by atoms with E-state index < -0.39 is 0 Å². The molecule has 0 N–H and O–H groups in total. The van der Waals surface area contributed by atoms with Gasteiger partial charge < -0.3 is 14.4 Å². The SMILES string of the molecule is CN(C)C1CCN(C(=O)c2nc(-c3cn(-c4ccccc4)cn3)n3ccccc23)CC1. The first-order valence-corrected chi connectivity index (χ1v) is 10.6. The van der Waals surface area contributed by atoms with E-state index in [2.05, 4.69) is 24.0 Å². The van der Waals surface area contributed by atoms with Gasteiger partial charge in [0.2, 0.25) is 0 Å². The second-order valence-corrected chi connectivity index (χ2v) is 8.23. The number of benzene rings is 1. The molecule has 1 aliphatic heterocycles. The van der Waals surface area contributed by atoms with Crippen molar-refractivity contribution >= 4 is 11.4 Å². The predicted octanol–water partition coefficient (Wildman–Crippen LogP) is 3.35. The van der Waals surface area contributed by atoms with Crippen LogP contribution in [0.4, 0.5) is 0 Å². The third kappa shape index (κ3) is 3.61. The summed E-state index contributed by atoms with van der Waals surface area (Å²) in [7, 11) is 4.21. The second-order valence-electron chi connectivity index (χ2n) is 8.23. The normalized spacial score (nSPS) is 15.1. The zero-order valence-electron chi connectivity index (χ0n) is 17.8. The summed E-state index contributed by atoms with van der Waals surface area (Å²) < 4.78 is 3.92. The minimum atomic E-state index is -0.00496. The van der Waals surface area contributed by atoms with E-state index in [-0.39, 0.29) is 5.91 Å². The van der Waals surface area contributed by atoms with E-state index in [1.807, 2.05) is 74.8 Å². The van der Waals surface area contributed by atoms with E-state index in [1.165, 1.54) is 0 Å². The van der Waals surface area contributed by atoms with Crippen molar-refractivity contribution in [2.75, 3.05) is 27.2 Å². The highest BCUT2D eigenvalue weighted by Crippen LogP contribution is 2.25. The summed E-state index contributed by atoms with van der Waals surface area (Å²) in [5.41, 5.74) is 3.07. The van der Waals surface area contributed by atoms with Gasteiger partial charge in [-0.2, -0.15) is 0 Å². The molecule has 0 saturated carbocycles. The summed E-state index contributed by atoms with van der Waals surface area (Å²) >= 11 is 0. The zero-order valence-corrected chi connectivity index (χ0v) is 17.8. The van der Waals surface area contributed by atoms with Gasteiger partial charge in [0.1, 0.15) is 12.0 Å². The Balaban J connectivity index is 1.48. The lowest BCUT2D eigenvalue weighted by atomic mass is 10.0. The quantitative estimate of drug-likeness (QED) is 0.514. The van der Waals surface area contributed by atoms with Crippen molar-refractivity contribution in [1.29, 1.82) is 0 Å². The Hall–Kier alpha value is -3.45. The van der Waals surface area contributed by atoms with Crippen LogP contribution in [0.5, 0.6) is 0 Å². The monoisotopic (exact) mass is 414 g/mol. The molecule has 0 radical (unpaired) electrons. The van der Waals surface area contributed by atoms with E-state index in [4.69, 9.17) is 4.98 Å². The molecule has 4 aromatic rings. The number of pyridine rings is 1. The second kappa shape index (κ2) is 8.00. The van der Waals surface area contributed by atoms with Crippen LogP contribution in [-0.4, -0.2) is 67.9 Å². The van der Waals surface area contributed by atoms with E-state index in [1.54, 1.807) is 6.33 Å². The molecule has 0 unspecified atom stereocenters. The lowest BCUT2D eigenvalue weighted by molar-refractivity contribution is 0.0660. The van der Waals surface area contributed by atoms with Gasteiger partial charge in [0.25, 0.3) is 5.91 Å². The number of rotatable bonds is 4. The average molecular weight is 415 g/mol. The Morgan fingerprint density at radius 2 is 1.77 bits per heavy atom. The Labute approximate surface area is 181 Å². The maximum Gasteiger partial charge on any atom is 0.274 e. The molecule has 4 heterocycles. The van der Waals surface area contributed by atoms with E-state index in [0.717, 1.165) is 42.8 Å². The van der Waals surface area contributed by atoms with Crippen molar-refractivity contribution < 1.29 is 4.79 Å². The number of hydrogen-bond acceptors (Lipinski definition) is 4. The highest BCUT2D eigenvalue weighted by atomic mass is 16.2. The third-order valence-electron chi connectivity index (χ3n) is 6.10. The smallest absolute Gasteiger partial charge is 0.274 e. The molecule has 3 aromatic heterocycles. The molecule has 7 heteroatoms. The van der Waals surface area contributed by atoms with Crippen LogP contribution in [0, 0.1) is 0 Å². The third-order valence-corrected chi connectivity index (χ3v) is 6.10. The van der Waals surface area contributed by atoms with Crippen molar-refractivity contribution in [1.82, 2.24) is 28.7 Å². The van der Waals surface area contributed by atoms with Gasteiger partial charge >= 0.3 is 0 Å². The summed E-state index contributed by atoms with van der Waals surface area (Å²) in [5.74, 6) is 0.673. The van der Waals surface area contributed by atoms with Crippen LogP contribution in [-0.2, 0) is 0 Å². The number of carbonyl (C=O) groups excluding carboxylic acids is 1. The van der Waals surface area contributed by atoms with Crippen LogP contribution < -0.4 is 0 Å². The Morgan fingerprint density at radius 1 is 1.03 bits per heavy atom. The number of nitrogens with zero attached hydrogens (tertiary/aromatic N) is 6. The molecule has 0 aliphatic carbocycles. The van der Waals surface area contributed by atoms with E-state index >= 15 is 0 Å². The van der Waals surface area contributed by atoms with Gasteiger partial charge in [0.15, 0.2) is 11.5 Å². The maximum absolute atomic E-state index is 13.4. The van der Waals surface area contributed by atoms with Crippen molar-refractivity contribution in [3.8, 4) is 17.2 Å². The van der Waals surface area contributed by atoms with E-state index in [9.17, 15) is 4.79 Å². The van der Waals surface area contributed by atoms with Gasteiger partial charge in [-0.15, -0.1) is 0 Å². The highest BCUT2D eigenvalue weighted by molar-refractivity contribution is 6.00. The molecule has 0 spiro atoms. The summed E-state index contributed by atoms with van der Waals surface area (Å²) in [6.07, 6.45) is 7.64. The van der Waals surface area contributed by atoms with E-state index in [0.29, 0.717) is 17.6 Å². The molecular formula is C24H26N6O. The molecule has 1 aromatic carbocycles. The molecule has 1 fully saturated rings. The number of imidazole rings is 2. The standard InChI is InChI=1S/C24H26N6O/c1-27(2)18-11-14-28(15-12-18)24(31)22-21-10-6-7-13-30(21)23(26-22)20-16-29(17-25-20)19-8-4-3-5-9-19/h3-10,13,16-18H,11-12,14-15H2,1-2H3. The van der Waals surface area contributed by atoms with Gasteiger partial charge in [-0.1, -0.05) is 24.3 Å². The van der Waals surface area contributed by atoms with Crippen LogP contribution in [0.3, 0.4) is 0 Å². The molecule has 0 atom stereocenters. The topological polar surface area (TPSA) is 58.7 Å². The van der Waals surface area contributed by atoms with Gasteiger partial charge in [-0.3, -0.25) is 9.20 Å². The van der Waals surface area contributed by atoms with Crippen molar-refractivity contribution in [2.45, 2.75) is 18.9 Å². The maximum atomic E-state index is 13.4. The molecule has 31 heavy (non-hydrogen) atoms. The van der Waals surface area contributed by atoms with Gasteiger partial charge in [0.05, 0.1) is 5.52 Å². The lowest BCUT2D eigenvalue weighted by Gasteiger charge is -2.34. The zero-order chi connectivity index (χ0) is 21.4. The average Bonchev–Trinajstić information content (AvgIpc) is 3.44. The molecule has 7 nitrogen and oxygen atoms in total. The summed E-state index contributed by atoms with van der Waals surface area (Å²) in [5, 5.41) is 0. The first-order valence-electron chi connectivity index (χ1n) is 10.6. The van der Waals surface area contributed by atoms with Crippen molar-refractivity contribution in [3.63, 3.8) is 0 Å². The van der Waals surface area contributed by atoms with Gasteiger partial charge in [-0.05, 0) is 51.2 Å². The van der Waals surface area contributed by atoms with Gasteiger partial charge in [-0.25, -0.2) is 9.97 Å². The minimum Gasteiger partial charge on any atom is -0.337 e. The Morgan fingerprint density at radius 3 is 2.52 bits per heavy atom. The summed E-state index contributed by atoms with van der Waals surface area (Å²) in [6, 6.07) is 16.4.